The van der Waals surface area contributed by atoms with Gasteiger partial charge in [-0.2, -0.15) is 0 Å². The van der Waals surface area contributed by atoms with Gasteiger partial charge in [0, 0.05) is 25.9 Å². The van der Waals surface area contributed by atoms with Gasteiger partial charge >= 0.3 is 12.0 Å². The van der Waals surface area contributed by atoms with Gasteiger partial charge in [-0.15, -0.1) is 0 Å². The van der Waals surface area contributed by atoms with E-state index in [0.717, 1.165) is 12.8 Å². The van der Waals surface area contributed by atoms with Crippen molar-refractivity contribution in [3.63, 3.8) is 0 Å². The van der Waals surface area contributed by atoms with E-state index in [-0.39, 0.29) is 11.6 Å². The zero-order valence-corrected chi connectivity index (χ0v) is 11.7. The largest absolute Gasteiger partial charge is 0.478 e. The zero-order valence-electron chi connectivity index (χ0n) is 11.7. The molecule has 1 rings (SSSR count). The summed E-state index contributed by atoms with van der Waals surface area (Å²) in [5.41, 5.74) is 1.22. The molecule has 0 aliphatic carbocycles. The molecular formula is C14H20N2O4. The number of carboxylic acid groups (broad SMARTS) is 1. The summed E-state index contributed by atoms with van der Waals surface area (Å²) in [5.74, 6) is -1.01. The minimum atomic E-state index is -1.01. The quantitative estimate of drug-likeness (QED) is 0.668. The number of carbonyl (C=O) groups is 2. The summed E-state index contributed by atoms with van der Waals surface area (Å²) in [6.45, 7) is 2.88. The van der Waals surface area contributed by atoms with Crippen molar-refractivity contribution in [3.8, 4) is 0 Å². The first kappa shape index (κ1) is 16.0. The van der Waals surface area contributed by atoms with E-state index >= 15 is 0 Å². The third-order valence-corrected chi connectivity index (χ3v) is 2.87. The first-order valence-corrected chi connectivity index (χ1v) is 6.43. The summed E-state index contributed by atoms with van der Waals surface area (Å²) in [5, 5.41) is 14.4. The maximum Gasteiger partial charge on any atom is 0.336 e. The van der Waals surface area contributed by atoms with Gasteiger partial charge in [0.15, 0.2) is 0 Å². The number of aromatic carboxylic acids is 1. The molecule has 0 spiro atoms. The lowest BCUT2D eigenvalue weighted by Gasteiger charge is -2.11. The van der Waals surface area contributed by atoms with E-state index in [2.05, 4.69) is 10.6 Å². The molecule has 0 saturated carbocycles. The van der Waals surface area contributed by atoms with Crippen LogP contribution in [0, 0.1) is 6.92 Å². The highest BCUT2D eigenvalue weighted by atomic mass is 16.5. The highest BCUT2D eigenvalue weighted by Gasteiger charge is 2.11. The van der Waals surface area contributed by atoms with Gasteiger partial charge in [-0.1, -0.05) is 6.07 Å². The van der Waals surface area contributed by atoms with Crippen LogP contribution in [0.1, 0.15) is 28.8 Å². The number of carboxylic acids is 1. The number of rotatable bonds is 7. The second kappa shape index (κ2) is 8.16. The van der Waals surface area contributed by atoms with Crippen LogP contribution in [0.2, 0.25) is 0 Å². The minimum Gasteiger partial charge on any atom is -0.478 e. The Balaban J connectivity index is 2.50. The number of hydrogen-bond acceptors (Lipinski definition) is 3. The average molecular weight is 280 g/mol. The van der Waals surface area contributed by atoms with Crippen LogP contribution in [-0.4, -0.2) is 37.4 Å². The fraction of sp³-hybridized carbons (Fsp3) is 0.429. The van der Waals surface area contributed by atoms with Crippen molar-refractivity contribution in [2.45, 2.75) is 19.8 Å². The van der Waals surface area contributed by atoms with Crippen LogP contribution in [0.3, 0.4) is 0 Å². The molecule has 6 nitrogen and oxygen atoms in total. The minimum absolute atomic E-state index is 0.183. The molecule has 0 fully saturated rings. The molecule has 0 unspecified atom stereocenters. The monoisotopic (exact) mass is 280 g/mol. The predicted molar refractivity (Wildman–Crippen MR) is 76.3 cm³/mol. The Morgan fingerprint density at radius 1 is 1.30 bits per heavy atom. The van der Waals surface area contributed by atoms with Crippen molar-refractivity contribution in [2.75, 3.05) is 25.6 Å². The molecule has 20 heavy (non-hydrogen) atoms. The lowest BCUT2D eigenvalue weighted by atomic mass is 10.1. The van der Waals surface area contributed by atoms with Crippen molar-refractivity contribution in [2.24, 2.45) is 0 Å². The summed E-state index contributed by atoms with van der Waals surface area (Å²) in [6.07, 6.45) is 1.71. The lowest BCUT2D eigenvalue weighted by Crippen LogP contribution is -2.30. The number of amides is 2. The molecule has 3 N–H and O–H groups in total. The Morgan fingerprint density at radius 2 is 2.05 bits per heavy atom. The van der Waals surface area contributed by atoms with Crippen molar-refractivity contribution in [3.05, 3.63) is 29.3 Å². The molecule has 0 heterocycles. The highest BCUT2D eigenvalue weighted by Crippen LogP contribution is 2.18. The number of urea groups is 1. The Kier molecular flexibility index (Phi) is 6.52. The fourth-order valence-electron chi connectivity index (χ4n) is 1.74. The van der Waals surface area contributed by atoms with Crippen LogP contribution in [0.25, 0.3) is 0 Å². The van der Waals surface area contributed by atoms with Crippen LogP contribution in [0.4, 0.5) is 10.5 Å². The third kappa shape index (κ3) is 4.89. The van der Waals surface area contributed by atoms with Crippen molar-refractivity contribution >= 4 is 17.7 Å². The van der Waals surface area contributed by atoms with E-state index in [4.69, 9.17) is 9.84 Å². The van der Waals surface area contributed by atoms with Crippen LogP contribution in [0.5, 0.6) is 0 Å². The van der Waals surface area contributed by atoms with Gasteiger partial charge in [0.25, 0.3) is 0 Å². The van der Waals surface area contributed by atoms with E-state index in [9.17, 15) is 9.59 Å². The molecule has 0 radical (unpaired) electrons. The number of carbonyl (C=O) groups excluding carboxylic acids is 1. The average Bonchev–Trinajstić information content (AvgIpc) is 2.40. The fourth-order valence-corrected chi connectivity index (χ4v) is 1.74. The van der Waals surface area contributed by atoms with E-state index < -0.39 is 5.97 Å². The van der Waals surface area contributed by atoms with Gasteiger partial charge in [0.05, 0.1) is 5.56 Å². The third-order valence-electron chi connectivity index (χ3n) is 2.87. The maximum absolute atomic E-state index is 11.7. The maximum atomic E-state index is 11.7. The summed E-state index contributed by atoms with van der Waals surface area (Å²) in [4.78, 5) is 22.7. The van der Waals surface area contributed by atoms with Crippen LogP contribution >= 0.6 is 0 Å². The lowest BCUT2D eigenvalue weighted by molar-refractivity contribution is 0.0696. The Morgan fingerprint density at radius 3 is 2.70 bits per heavy atom. The molecule has 0 aliphatic heterocycles. The standard InChI is InChI=1S/C14H20N2O4/c1-10-11(13(17)18)6-5-7-12(10)16-14(19)15-8-3-4-9-20-2/h5-7H,3-4,8-9H2,1-2H3,(H,17,18)(H2,15,16,19). The van der Waals surface area contributed by atoms with Crippen LogP contribution in [0.15, 0.2) is 18.2 Å². The van der Waals surface area contributed by atoms with E-state index in [1.54, 1.807) is 26.2 Å². The molecule has 0 atom stereocenters. The molecule has 0 aliphatic rings. The number of nitrogens with one attached hydrogen (secondary N) is 2. The van der Waals surface area contributed by atoms with Gasteiger partial charge in [0.2, 0.25) is 0 Å². The summed E-state index contributed by atoms with van der Waals surface area (Å²) in [7, 11) is 1.64. The molecule has 0 aromatic heterocycles. The summed E-state index contributed by atoms with van der Waals surface area (Å²) >= 11 is 0. The zero-order chi connectivity index (χ0) is 15.0. The van der Waals surface area contributed by atoms with E-state index in [1.807, 2.05) is 0 Å². The number of anilines is 1. The Hall–Kier alpha value is -2.08. The smallest absolute Gasteiger partial charge is 0.336 e. The van der Waals surface area contributed by atoms with Gasteiger partial charge in [-0.3, -0.25) is 0 Å². The number of unbranched alkanes of at least 4 members (excludes halogenated alkanes) is 1. The second-order valence-corrected chi connectivity index (χ2v) is 4.36. The molecule has 110 valence electrons. The van der Waals surface area contributed by atoms with Gasteiger partial charge < -0.3 is 20.5 Å². The van der Waals surface area contributed by atoms with Crippen molar-refractivity contribution in [1.82, 2.24) is 5.32 Å². The SMILES string of the molecule is COCCCCNC(=O)Nc1cccc(C(=O)O)c1C. The number of benzene rings is 1. The molecule has 6 heteroatoms. The van der Waals surface area contributed by atoms with Crippen LogP contribution in [-0.2, 0) is 4.74 Å². The van der Waals surface area contributed by atoms with E-state index in [1.165, 1.54) is 6.07 Å². The van der Waals surface area contributed by atoms with Crippen molar-refractivity contribution < 1.29 is 19.4 Å². The number of hydrogen-bond donors (Lipinski definition) is 3. The normalized spacial score (nSPS) is 10.1. The first-order chi connectivity index (χ1) is 9.56. The molecular weight excluding hydrogens is 260 g/mol. The van der Waals surface area contributed by atoms with Gasteiger partial charge in [-0.05, 0) is 37.5 Å². The molecule has 2 amide bonds. The molecule has 0 bridgehead atoms. The van der Waals surface area contributed by atoms with Gasteiger partial charge in [0.1, 0.15) is 0 Å². The van der Waals surface area contributed by atoms with Crippen LogP contribution < -0.4 is 10.6 Å². The second-order valence-electron chi connectivity index (χ2n) is 4.36. The van der Waals surface area contributed by atoms with Crippen molar-refractivity contribution in [1.29, 1.82) is 0 Å². The first-order valence-electron chi connectivity index (χ1n) is 6.43. The molecule has 1 aromatic rings. The highest BCUT2D eigenvalue weighted by molar-refractivity contribution is 5.95. The number of methoxy groups -OCH3 is 1. The summed E-state index contributed by atoms with van der Waals surface area (Å²) < 4.78 is 4.91. The Bertz CT molecular complexity index is 474. The Labute approximate surface area is 118 Å². The summed E-state index contributed by atoms with van der Waals surface area (Å²) in [6, 6.07) is 4.44. The molecule has 1 aromatic carbocycles. The van der Waals surface area contributed by atoms with E-state index in [0.29, 0.717) is 24.4 Å². The topological polar surface area (TPSA) is 87.7 Å². The van der Waals surface area contributed by atoms with Gasteiger partial charge in [-0.25, -0.2) is 9.59 Å². The molecule has 0 saturated heterocycles. The predicted octanol–water partition coefficient (Wildman–Crippen LogP) is 2.24. The number of ether oxygens (including phenoxy) is 1.